The first-order valence-corrected chi connectivity index (χ1v) is 9.53. The zero-order valence-corrected chi connectivity index (χ0v) is 15.1. The SMILES string of the molecule is O=C1NCC2(CCN(CCC(c3ccccc3)c3ccccc3)CC2)O1. The van der Waals surface area contributed by atoms with Gasteiger partial charge < -0.3 is 15.0 Å². The van der Waals surface area contributed by atoms with E-state index in [0.29, 0.717) is 12.5 Å². The molecule has 2 aromatic rings. The molecular weight excluding hydrogens is 324 g/mol. The summed E-state index contributed by atoms with van der Waals surface area (Å²) >= 11 is 0. The van der Waals surface area contributed by atoms with Gasteiger partial charge in [-0.15, -0.1) is 0 Å². The van der Waals surface area contributed by atoms with Crippen molar-refractivity contribution in [2.75, 3.05) is 26.2 Å². The lowest BCUT2D eigenvalue weighted by Crippen LogP contribution is -2.46. The highest BCUT2D eigenvalue weighted by Crippen LogP contribution is 2.31. The lowest BCUT2D eigenvalue weighted by molar-refractivity contribution is 0.000551. The molecule has 0 aliphatic carbocycles. The summed E-state index contributed by atoms with van der Waals surface area (Å²) in [5.41, 5.74) is 2.49. The van der Waals surface area contributed by atoms with E-state index in [9.17, 15) is 4.79 Å². The van der Waals surface area contributed by atoms with Gasteiger partial charge in [-0.1, -0.05) is 60.7 Å². The Morgan fingerprint density at radius 1 is 0.962 bits per heavy atom. The molecule has 0 radical (unpaired) electrons. The third kappa shape index (κ3) is 3.75. The molecule has 0 atom stereocenters. The smallest absolute Gasteiger partial charge is 0.407 e. The molecule has 4 nitrogen and oxygen atoms in total. The molecule has 0 aromatic heterocycles. The highest BCUT2D eigenvalue weighted by Gasteiger charge is 2.42. The van der Waals surface area contributed by atoms with Gasteiger partial charge in [-0.05, 0) is 24.1 Å². The largest absolute Gasteiger partial charge is 0.441 e. The number of nitrogens with one attached hydrogen (secondary N) is 1. The van der Waals surface area contributed by atoms with Crippen molar-refractivity contribution < 1.29 is 9.53 Å². The molecule has 0 saturated carbocycles. The second-order valence-electron chi connectivity index (χ2n) is 7.43. The van der Waals surface area contributed by atoms with Crippen LogP contribution in [0.2, 0.25) is 0 Å². The zero-order chi connectivity index (χ0) is 17.8. The maximum atomic E-state index is 11.4. The molecule has 0 unspecified atom stereocenters. The van der Waals surface area contributed by atoms with Crippen LogP contribution in [-0.4, -0.2) is 42.8 Å². The monoisotopic (exact) mass is 350 g/mol. The maximum Gasteiger partial charge on any atom is 0.407 e. The Hall–Kier alpha value is -2.33. The number of ether oxygens (including phenoxy) is 1. The van der Waals surface area contributed by atoms with Gasteiger partial charge in [-0.2, -0.15) is 0 Å². The lowest BCUT2D eigenvalue weighted by Gasteiger charge is -2.37. The van der Waals surface area contributed by atoms with Crippen LogP contribution in [0.25, 0.3) is 0 Å². The lowest BCUT2D eigenvalue weighted by atomic mass is 9.87. The van der Waals surface area contributed by atoms with Crippen molar-refractivity contribution in [3.8, 4) is 0 Å². The minimum absolute atomic E-state index is 0.258. The third-order valence-corrected chi connectivity index (χ3v) is 5.77. The van der Waals surface area contributed by atoms with Gasteiger partial charge in [0.05, 0.1) is 6.54 Å². The number of likely N-dealkylation sites (tertiary alicyclic amines) is 1. The van der Waals surface area contributed by atoms with Crippen LogP contribution in [0.15, 0.2) is 60.7 Å². The van der Waals surface area contributed by atoms with Gasteiger partial charge in [0.2, 0.25) is 0 Å². The van der Waals surface area contributed by atoms with E-state index in [2.05, 4.69) is 70.9 Å². The van der Waals surface area contributed by atoms with E-state index >= 15 is 0 Å². The minimum Gasteiger partial charge on any atom is -0.441 e. The van der Waals surface area contributed by atoms with E-state index in [1.54, 1.807) is 0 Å². The molecule has 2 saturated heterocycles. The van der Waals surface area contributed by atoms with Gasteiger partial charge in [0.15, 0.2) is 0 Å². The highest BCUT2D eigenvalue weighted by molar-refractivity contribution is 5.70. The van der Waals surface area contributed by atoms with Gasteiger partial charge in [-0.25, -0.2) is 4.79 Å². The Balaban J connectivity index is 1.39. The van der Waals surface area contributed by atoms with Crippen molar-refractivity contribution in [3.63, 3.8) is 0 Å². The summed E-state index contributed by atoms with van der Waals surface area (Å²) in [6, 6.07) is 21.6. The van der Waals surface area contributed by atoms with Crippen molar-refractivity contribution in [3.05, 3.63) is 71.8 Å². The number of rotatable bonds is 5. The molecule has 1 N–H and O–H groups in total. The topological polar surface area (TPSA) is 41.6 Å². The van der Waals surface area contributed by atoms with E-state index in [0.717, 1.165) is 38.9 Å². The fourth-order valence-corrected chi connectivity index (χ4v) is 4.17. The third-order valence-electron chi connectivity index (χ3n) is 5.77. The van der Waals surface area contributed by atoms with Gasteiger partial charge in [0.25, 0.3) is 0 Å². The van der Waals surface area contributed by atoms with Crippen molar-refractivity contribution in [2.24, 2.45) is 0 Å². The van der Waals surface area contributed by atoms with Gasteiger partial charge in [0.1, 0.15) is 5.60 Å². The summed E-state index contributed by atoms with van der Waals surface area (Å²) in [7, 11) is 0. The second kappa shape index (κ2) is 7.50. The summed E-state index contributed by atoms with van der Waals surface area (Å²) in [4.78, 5) is 13.9. The first kappa shape index (κ1) is 17.1. The number of alkyl carbamates (subject to hydrolysis) is 1. The normalized spacial score (nSPS) is 19.5. The average molecular weight is 350 g/mol. The van der Waals surface area contributed by atoms with Crippen LogP contribution in [0.5, 0.6) is 0 Å². The number of nitrogens with zero attached hydrogens (tertiary/aromatic N) is 1. The molecule has 4 heteroatoms. The first-order chi connectivity index (χ1) is 12.7. The maximum absolute atomic E-state index is 11.4. The van der Waals surface area contributed by atoms with E-state index in [-0.39, 0.29) is 11.7 Å². The fraction of sp³-hybridized carbons (Fsp3) is 0.409. The number of carbonyl (C=O) groups excluding carboxylic acids is 1. The van der Waals surface area contributed by atoms with Crippen molar-refractivity contribution in [1.29, 1.82) is 0 Å². The molecule has 1 amide bonds. The van der Waals surface area contributed by atoms with Crippen LogP contribution >= 0.6 is 0 Å². The summed E-state index contributed by atoms with van der Waals surface area (Å²) in [5, 5.41) is 2.81. The Morgan fingerprint density at radius 2 is 1.54 bits per heavy atom. The van der Waals surface area contributed by atoms with Crippen molar-refractivity contribution in [1.82, 2.24) is 10.2 Å². The zero-order valence-electron chi connectivity index (χ0n) is 15.1. The van der Waals surface area contributed by atoms with Gasteiger partial charge in [-0.3, -0.25) is 0 Å². The molecule has 2 fully saturated rings. The molecule has 2 aliphatic rings. The first-order valence-electron chi connectivity index (χ1n) is 9.53. The van der Waals surface area contributed by atoms with Crippen LogP contribution in [0.1, 0.15) is 36.3 Å². The van der Waals surface area contributed by atoms with Crippen molar-refractivity contribution in [2.45, 2.75) is 30.8 Å². The molecule has 136 valence electrons. The van der Waals surface area contributed by atoms with Crippen molar-refractivity contribution >= 4 is 6.09 Å². The van der Waals surface area contributed by atoms with E-state index < -0.39 is 0 Å². The summed E-state index contributed by atoms with van der Waals surface area (Å²) < 4.78 is 5.53. The second-order valence-corrected chi connectivity index (χ2v) is 7.43. The van der Waals surface area contributed by atoms with Crippen LogP contribution < -0.4 is 5.32 Å². The number of benzene rings is 2. The number of carbonyl (C=O) groups is 1. The van der Waals surface area contributed by atoms with Crippen LogP contribution in [0.3, 0.4) is 0 Å². The molecule has 2 aliphatic heterocycles. The summed E-state index contributed by atoms with van der Waals surface area (Å²) in [6.45, 7) is 3.71. The van der Waals surface area contributed by atoms with Crippen LogP contribution in [-0.2, 0) is 4.74 Å². The van der Waals surface area contributed by atoms with E-state index in [1.807, 2.05) is 0 Å². The quantitative estimate of drug-likeness (QED) is 0.892. The number of amides is 1. The van der Waals surface area contributed by atoms with Gasteiger partial charge in [0, 0.05) is 31.8 Å². The predicted molar refractivity (Wildman–Crippen MR) is 102 cm³/mol. The number of hydrogen-bond donors (Lipinski definition) is 1. The standard InChI is InChI=1S/C22H26N2O2/c25-21-23-17-22(26-21)12-15-24(16-13-22)14-11-20(18-7-3-1-4-8-18)19-9-5-2-6-10-19/h1-10,20H,11-17H2,(H,23,25). The molecule has 2 aromatic carbocycles. The molecule has 4 rings (SSSR count). The molecule has 1 spiro atoms. The van der Waals surface area contributed by atoms with E-state index in [4.69, 9.17) is 4.74 Å². The molecule has 2 heterocycles. The minimum atomic E-state index is -0.258. The average Bonchev–Trinajstić information content (AvgIpc) is 3.05. The van der Waals surface area contributed by atoms with Gasteiger partial charge >= 0.3 is 6.09 Å². The Bertz CT molecular complexity index is 685. The summed E-state index contributed by atoms with van der Waals surface area (Å²) in [5.74, 6) is 0.416. The highest BCUT2D eigenvalue weighted by atomic mass is 16.6. The molecule has 26 heavy (non-hydrogen) atoms. The Labute approximate surface area is 155 Å². The van der Waals surface area contributed by atoms with Crippen LogP contribution in [0.4, 0.5) is 4.79 Å². The Kier molecular flexibility index (Phi) is 4.93. The number of piperidine rings is 1. The number of hydrogen-bond acceptors (Lipinski definition) is 3. The Morgan fingerprint density at radius 3 is 2.04 bits per heavy atom. The summed E-state index contributed by atoms with van der Waals surface area (Å²) in [6.07, 6.45) is 2.69. The fourth-order valence-electron chi connectivity index (χ4n) is 4.17. The van der Waals surface area contributed by atoms with E-state index in [1.165, 1.54) is 11.1 Å². The molecular formula is C22H26N2O2. The van der Waals surface area contributed by atoms with Crippen LogP contribution in [0, 0.1) is 0 Å². The predicted octanol–water partition coefficient (Wildman–Crippen LogP) is 3.78. The molecule has 0 bridgehead atoms.